The van der Waals surface area contributed by atoms with Crippen molar-refractivity contribution in [1.29, 1.82) is 0 Å². The fourth-order valence-corrected chi connectivity index (χ4v) is 2.01. The van der Waals surface area contributed by atoms with Crippen molar-refractivity contribution in [3.63, 3.8) is 0 Å². The maximum absolute atomic E-state index is 13.8. The molecule has 0 aliphatic carbocycles. The predicted molar refractivity (Wildman–Crippen MR) is 91.4 cm³/mol. The Morgan fingerprint density at radius 2 is 1.84 bits per heavy atom. The third-order valence-electron chi connectivity index (χ3n) is 3.59. The third kappa shape index (κ3) is 4.82. The highest BCUT2D eigenvalue weighted by Gasteiger charge is 2.21. The Morgan fingerprint density at radius 3 is 2.48 bits per heavy atom. The van der Waals surface area contributed by atoms with E-state index in [1.54, 1.807) is 32.9 Å². The molecule has 0 spiro atoms. The van der Waals surface area contributed by atoms with Crippen LogP contribution in [-0.2, 0) is 16.1 Å². The molecule has 0 unspecified atom stereocenters. The maximum atomic E-state index is 13.8. The zero-order valence-electron chi connectivity index (χ0n) is 14.4. The zero-order valence-corrected chi connectivity index (χ0v) is 14.4. The standard InChI is InChI=1S/C18H20FN3O3/c1-18(2,3)15(23)10-20-16(24)11-22-17(25)9-8-14(21-22)12-6-4-5-7-13(12)19/h4-9H,10-11H2,1-3H3,(H,20,24). The second-order valence-corrected chi connectivity index (χ2v) is 6.64. The van der Waals surface area contributed by atoms with Gasteiger partial charge in [-0.1, -0.05) is 32.9 Å². The van der Waals surface area contributed by atoms with Crippen LogP contribution in [-0.4, -0.2) is 28.0 Å². The Labute approximate surface area is 144 Å². The molecule has 132 valence electrons. The third-order valence-corrected chi connectivity index (χ3v) is 3.59. The van der Waals surface area contributed by atoms with Crippen molar-refractivity contribution in [1.82, 2.24) is 15.1 Å². The van der Waals surface area contributed by atoms with E-state index in [-0.39, 0.29) is 30.1 Å². The highest BCUT2D eigenvalue weighted by Crippen LogP contribution is 2.18. The van der Waals surface area contributed by atoms with E-state index in [1.165, 1.54) is 24.3 Å². The van der Waals surface area contributed by atoms with Crippen molar-refractivity contribution in [2.75, 3.05) is 6.54 Å². The van der Waals surface area contributed by atoms with Gasteiger partial charge in [-0.2, -0.15) is 5.10 Å². The molecule has 2 rings (SSSR count). The number of carbonyl (C=O) groups excluding carboxylic acids is 2. The molecule has 2 aromatic rings. The minimum absolute atomic E-state index is 0.121. The van der Waals surface area contributed by atoms with Crippen LogP contribution in [0.5, 0.6) is 0 Å². The number of ketones is 1. The summed E-state index contributed by atoms with van der Waals surface area (Å²) in [6.45, 7) is 4.80. The first kappa shape index (κ1) is 18.5. The summed E-state index contributed by atoms with van der Waals surface area (Å²) in [6.07, 6.45) is 0. The summed E-state index contributed by atoms with van der Waals surface area (Å²) in [5, 5.41) is 6.51. The maximum Gasteiger partial charge on any atom is 0.267 e. The van der Waals surface area contributed by atoms with Crippen molar-refractivity contribution in [2.45, 2.75) is 27.3 Å². The van der Waals surface area contributed by atoms with Gasteiger partial charge in [0.1, 0.15) is 12.4 Å². The van der Waals surface area contributed by atoms with Crippen LogP contribution >= 0.6 is 0 Å². The minimum atomic E-state index is -0.562. The van der Waals surface area contributed by atoms with E-state index >= 15 is 0 Å². The number of aromatic nitrogens is 2. The molecule has 0 saturated carbocycles. The van der Waals surface area contributed by atoms with Gasteiger partial charge in [-0.25, -0.2) is 9.07 Å². The van der Waals surface area contributed by atoms with E-state index in [2.05, 4.69) is 10.4 Å². The molecule has 1 N–H and O–H groups in total. The van der Waals surface area contributed by atoms with Gasteiger partial charge >= 0.3 is 0 Å². The van der Waals surface area contributed by atoms with Gasteiger partial charge < -0.3 is 5.32 Å². The van der Waals surface area contributed by atoms with Crippen LogP contribution in [0.2, 0.25) is 0 Å². The first-order chi connectivity index (χ1) is 11.7. The summed E-state index contributed by atoms with van der Waals surface area (Å²) in [6, 6.07) is 8.65. The van der Waals surface area contributed by atoms with Gasteiger partial charge in [0.2, 0.25) is 5.91 Å². The lowest BCUT2D eigenvalue weighted by atomic mass is 9.91. The summed E-state index contributed by atoms with van der Waals surface area (Å²) in [5.74, 6) is -1.11. The molecular formula is C18H20FN3O3. The SMILES string of the molecule is CC(C)(C)C(=O)CNC(=O)Cn1nc(-c2ccccc2F)ccc1=O. The molecule has 0 aliphatic heterocycles. The van der Waals surface area contributed by atoms with Gasteiger partial charge in [0.25, 0.3) is 5.56 Å². The molecular weight excluding hydrogens is 325 g/mol. The lowest BCUT2D eigenvalue weighted by molar-refractivity contribution is -0.129. The molecule has 0 atom stereocenters. The number of hydrogen-bond donors (Lipinski definition) is 1. The first-order valence-electron chi connectivity index (χ1n) is 7.81. The van der Waals surface area contributed by atoms with Crippen LogP contribution < -0.4 is 10.9 Å². The molecule has 0 fully saturated rings. The second-order valence-electron chi connectivity index (χ2n) is 6.64. The Morgan fingerprint density at radius 1 is 1.16 bits per heavy atom. The summed E-state index contributed by atoms with van der Waals surface area (Å²) in [4.78, 5) is 35.7. The average Bonchev–Trinajstić information content (AvgIpc) is 2.54. The molecule has 25 heavy (non-hydrogen) atoms. The van der Waals surface area contributed by atoms with E-state index in [0.717, 1.165) is 4.68 Å². The summed E-state index contributed by atoms with van der Waals surface area (Å²) >= 11 is 0. The summed E-state index contributed by atoms with van der Waals surface area (Å²) < 4.78 is 14.8. The number of rotatable bonds is 5. The van der Waals surface area contributed by atoms with Crippen molar-refractivity contribution in [3.8, 4) is 11.3 Å². The van der Waals surface area contributed by atoms with E-state index in [0.29, 0.717) is 0 Å². The lowest BCUT2D eigenvalue weighted by Crippen LogP contribution is -2.39. The average molecular weight is 345 g/mol. The van der Waals surface area contributed by atoms with Gasteiger partial charge in [-0.05, 0) is 18.2 Å². The van der Waals surface area contributed by atoms with Crippen LogP contribution in [0, 0.1) is 11.2 Å². The van der Waals surface area contributed by atoms with Crippen LogP contribution in [0.3, 0.4) is 0 Å². The molecule has 1 amide bonds. The fraction of sp³-hybridized carbons (Fsp3) is 0.333. The van der Waals surface area contributed by atoms with Crippen LogP contribution in [0.25, 0.3) is 11.3 Å². The number of halogens is 1. The summed E-state index contributed by atoms with van der Waals surface area (Å²) in [7, 11) is 0. The Kier molecular flexibility index (Phi) is 5.46. The van der Waals surface area contributed by atoms with Crippen LogP contribution in [0.1, 0.15) is 20.8 Å². The molecule has 1 aromatic heterocycles. The van der Waals surface area contributed by atoms with E-state index < -0.39 is 22.7 Å². The Balaban J connectivity index is 2.13. The van der Waals surface area contributed by atoms with Crippen molar-refractivity contribution < 1.29 is 14.0 Å². The van der Waals surface area contributed by atoms with Gasteiger partial charge in [-0.15, -0.1) is 0 Å². The lowest BCUT2D eigenvalue weighted by Gasteiger charge is -2.16. The van der Waals surface area contributed by atoms with Gasteiger partial charge in [0.05, 0.1) is 12.2 Å². The summed E-state index contributed by atoms with van der Waals surface area (Å²) in [5.41, 5.74) is -0.569. The number of amides is 1. The van der Waals surface area contributed by atoms with Crippen molar-refractivity contribution in [2.24, 2.45) is 5.41 Å². The molecule has 0 bridgehead atoms. The number of Topliss-reactive ketones (excluding diaryl/α,β-unsaturated/α-hetero) is 1. The zero-order chi connectivity index (χ0) is 18.6. The molecule has 0 saturated heterocycles. The monoisotopic (exact) mass is 345 g/mol. The van der Waals surface area contributed by atoms with Gasteiger partial charge in [0.15, 0.2) is 5.78 Å². The van der Waals surface area contributed by atoms with Gasteiger partial charge in [-0.3, -0.25) is 14.4 Å². The molecule has 0 radical (unpaired) electrons. The van der Waals surface area contributed by atoms with Crippen LogP contribution in [0.15, 0.2) is 41.2 Å². The molecule has 6 nitrogen and oxygen atoms in total. The second kappa shape index (κ2) is 7.38. The quantitative estimate of drug-likeness (QED) is 0.896. The fourth-order valence-electron chi connectivity index (χ4n) is 2.01. The number of carbonyl (C=O) groups is 2. The van der Waals surface area contributed by atoms with Crippen molar-refractivity contribution >= 4 is 11.7 Å². The number of benzene rings is 1. The Bertz CT molecular complexity index is 853. The number of hydrogen-bond acceptors (Lipinski definition) is 4. The highest BCUT2D eigenvalue weighted by molar-refractivity contribution is 5.89. The minimum Gasteiger partial charge on any atom is -0.347 e. The first-order valence-corrected chi connectivity index (χ1v) is 7.81. The topological polar surface area (TPSA) is 81.1 Å². The number of nitrogens with one attached hydrogen (secondary N) is 1. The van der Waals surface area contributed by atoms with E-state index in [9.17, 15) is 18.8 Å². The largest absolute Gasteiger partial charge is 0.347 e. The Hall–Kier alpha value is -2.83. The normalized spacial score (nSPS) is 11.2. The number of nitrogens with zero attached hydrogens (tertiary/aromatic N) is 2. The van der Waals surface area contributed by atoms with E-state index in [1.807, 2.05) is 0 Å². The molecule has 1 aromatic carbocycles. The van der Waals surface area contributed by atoms with Crippen LogP contribution in [0.4, 0.5) is 4.39 Å². The van der Waals surface area contributed by atoms with Crippen molar-refractivity contribution in [3.05, 3.63) is 52.6 Å². The van der Waals surface area contributed by atoms with E-state index in [4.69, 9.17) is 0 Å². The predicted octanol–water partition coefficient (Wildman–Crippen LogP) is 1.78. The molecule has 0 aliphatic rings. The molecule has 1 heterocycles. The molecule has 7 heteroatoms. The highest BCUT2D eigenvalue weighted by atomic mass is 19.1. The van der Waals surface area contributed by atoms with Gasteiger partial charge in [0, 0.05) is 17.0 Å². The smallest absolute Gasteiger partial charge is 0.267 e.